The maximum Gasteiger partial charge on any atom is 0.407 e. The maximum absolute atomic E-state index is 12.4. The van der Waals surface area contributed by atoms with E-state index in [1.54, 1.807) is 12.1 Å². The topological polar surface area (TPSA) is 119 Å². The molecule has 7 heteroatoms. The molecule has 3 aromatic rings. The van der Waals surface area contributed by atoms with Gasteiger partial charge >= 0.3 is 12.1 Å². The molecule has 3 aromatic carbocycles. The highest BCUT2D eigenvalue weighted by Crippen LogP contribution is 2.44. The largest absolute Gasteiger partial charge is 0.480 e. The zero-order valence-electron chi connectivity index (χ0n) is 17.2. The Kier molecular flexibility index (Phi) is 5.89. The summed E-state index contributed by atoms with van der Waals surface area (Å²) in [6, 6.07) is 21.0. The van der Waals surface area contributed by atoms with Gasteiger partial charge in [0.1, 0.15) is 12.6 Å². The third-order valence-corrected chi connectivity index (χ3v) is 5.61. The van der Waals surface area contributed by atoms with E-state index in [1.807, 2.05) is 48.5 Å². The second-order valence-electron chi connectivity index (χ2n) is 7.63. The molecule has 162 valence electrons. The van der Waals surface area contributed by atoms with E-state index in [0.717, 1.165) is 22.3 Å². The molecule has 0 unspecified atom stereocenters. The Morgan fingerprint density at radius 3 is 2.00 bits per heavy atom. The minimum atomic E-state index is -1.18. The van der Waals surface area contributed by atoms with Crippen molar-refractivity contribution in [3.63, 3.8) is 0 Å². The molecule has 32 heavy (non-hydrogen) atoms. The van der Waals surface area contributed by atoms with Crippen LogP contribution in [0.15, 0.2) is 72.8 Å². The maximum atomic E-state index is 12.4. The van der Waals surface area contributed by atoms with Gasteiger partial charge in [0.2, 0.25) is 5.91 Å². The third kappa shape index (κ3) is 4.32. The number of carbonyl (C=O) groups excluding carboxylic acids is 2. The van der Waals surface area contributed by atoms with Gasteiger partial charge in [0.25, 0.3) is 0 Å². The number of fused-ring (bicyclic) bond motifs is 3. The van der Waals surface area contributed by atoms with Crippen LogP contribution in [0, 0.1) is 0 Å². The molecule has 0 saturated carbocycles. The van der Waals surface area contributed by atoms with E-state index < -0.39 is 24.0 Å². The molecule has 4 rings (SSSR count). The highest BCUT2D eigenvalue weighted by molar-refractivity contribution is 5.92. The molecular formula is C25H22N2O5. The van der Waals surface area contributed by atoms with Crippen molar-refractivity contribution in [3.8, 4) is 11.1 Å². The summed E-state index contributed by atoms with van der Waals surface area (Å²) in [6.07, 6.45) is -0.758. The Balaban J connectivity index is 1.41. The van der Waals surface area contributed by atoms with Crippen LogP contribution in [0.25, 0.3) is 11.1 Å². The molecule has 1 aliphatic rings. The Labute approximate surface area is 184 Å². The molecule has 2 amide bonds. The van der Waals surface area contributed by atoms with Gasteiger partial charge < -0.3 is 20.9 Å². The first-order valence-electron chi connectivity index (χ1n) is 10.2. The molecule has 0 aliphatic heterocycles. The summed E-state index contributed by atoms with van der Waals surface area (Å²) in [7, 11) is 0. The quantitative estimate of drug-likeness (QED) is 0.531. The van der Waals surface area contributed by atoms with Gasteiger partial charge in [-0.3, -0.25) is 4.79 Å². The number of alkyl carbamates (subject to hydrolysis) is 1. The van der Waals surface area contributed by atoms with Gasteiger partial charge in [-0.25, -0.2) is 9.59 Å². The summed E-state index contributed by atoms with van der Waals surface area (Å²) in [5.41, 5.74) is 10.6. The number of nitrogens with two attached hydrogens (primary N) is 1. The minimum Gasteiger partial charge on any atom is -0.480 e. The van der Waals surface area contributed by atoms with Crippen LogP contribution in [0.3, 0.4) is 0 Å². The second kappa shape index (κ2) is 8.93. The van der Waals surface area contributed by atoms with Crippen molar-refractivity contribution < 1.29 is 24.2 Å². The number of carbonyl (C=O) groups is 3. The molecular weight excluding hydrogens is 408 g/mol. The average Bonchev–Trinajstić information content (AvgIpc) is 3.11. The Morgan fingerprint density at radius 1 is 0.906 bits per heavy atom. The van der Waals surface area contributed by atoms with Crippen LogP contribution in [-0.2, 0) is 16.0 Å². The normalized spacial score (nSPS) is 13.0. The lowest BCUT2D eigenvalue weighted by Gasteiger charge is -2.17. The van der Waals surface area contributed by atoms with Crippen molar-refractivity contribution in [1.82, 2.24) is 5.32 Å². The van der Waals surface area contributed by atoms with Crippen LogP contribution in [0.5, 0.6) is 0 Å². The lowest BCUT2D eigenvalue weighted by molar-refractivity contribution is -0.139. The molecule has 0 spiro atoms. The monoisotopic (exact) mass is 430 g/mol. The standard InChI is InChI=1S/C25H22N2O5/c26-23(28)16-11-9-15(10-12-16)13-22(24(29)30)27-25(31)32-14-21-19-7-3-1-5-17(19)18-6-2-4-8-20(18)21/h1-12,21-22H,13-14H2,(H2,26,28)(H,27,31)(H,29,30)/t22-/m1/s1. The number of hydrogen-bond donors (Lipinski definition) is 3. The summed E-state index contributed by atoms with van der Waals surface area (Å²) in [5.74, 6) is -1.86. The Bertz CT molecular complexity index is 1130. The number of primary amides is 1. The van der Waals surface area contributed by atoms with Crippen molar-refractivity contribution in [2.75, 3.05) is 6.61 Å². The lowest BCUT2D eigenvalue weighted by atomic mass is 9.98. The number of benzene rings is 3. The molecule has 1 aliphatic carbocycles. The van der Waals surface area contributed by atoms with Crippen molar-refractivity contribution in [2.24, 2.45) is 5.73 Å². The van der Waals surface area contributed by atoms with Gasteiger partial charge in [0.15, 0.2) is 0 Å². The van der Waals surface area contributed by atoms with E-state index in [9.17, 15) is 19.5 Å². The SMILES string of the molecule is NC(=O)c1ccc(C[C@@H](NC(=O)OCC2c3ccccc3-c3ccccc32)C(=O)O)cc1. The Hall–Kier alpha value is -4.13. The second-order valence-corrected chi connectivity index (χ2v) is 7.63. The van der Waals surface area contributed by atoms with Crippen LogP contribution in [-0.4, -0.2) is 35.7 Å². The number of ether oxygens (including phenoxy) is 1. The fraction of sp³-hybridized carbons (Fsp3) is 0.160. The predicted molar refractivity (Wildman–Crippen MR) is 118 cm³/mol. The number of nitrogens with one attached hydrogen (secondary N) is 1. The first-order valence-corrected chi connectivity index (χ1v) is 10.2. The molecule has 0 fully saturated rings. The van der Waals surface area contributed by atoms with Crippen LogP contribution < -0.4 is 11.1 Å². The van der Waals surface area contributed by atoms with E-state index in [4.69, 9.17) is 10.5 Å². The molecule has 4 N–H and O–H groups in total. The van der Waals surface area contributed by atoms with Gasteiger partial charge in [-0.2, -0.15) is 0 Å². The third-order valence-electron chi connectivity index (χ3n) is 5.61. The van der Waals surface area contributed by atoms with Crippen molar-refractivity contribution in [3.05, 3.63) is 95.1 Å². The molecule has 0 radical (unpaired) electrons. The van der Waals surface area contributed by atoms with Crippen molar-refractivity contribution in [1.29, 1.82) is 0 Å². The summed E-state index contributed by atoms with van der Waals surface area (Å²) in [4.78, 5) is 35.2. The first-order chi connectivity index (χ1) is 15.4. The molecule has 0 saturated heterocycles. The minimum absolute atomic E-state index is 0.0402. The summed E-state index contributed by atoms with van der Waals surface area (Å²) in [5, 5.41) is 11.9. The fourth-order valence-corrected chi connectivity index (χ4v) is 4.02. The summed E-state index contributed by atoms with van der Waals surface area (Å²) in [6.45, 7) is 0.0967. The van der Waals surface area contributed by atoms with Gasteiger partial charge in [-0.05, 0) is 39.9 Å². The highest BCUT2D eigenvalue weighted by Gasteiger charge is 2.29. The van der Waals surface area contributed by atoms with Gasteiger partial charge in [0.05, 0.1) is 0 Å². The molecule has 7 nitrogen and oxygen atoms in total. The Morgan fingerprint density at radius 2 is 1.47 bits per heavy atom. The van der Waals surface area contributed by atoms with E-state index >= 15 is 0 Å². The van der Waals surface area contributed by atoms with Crippen LogP contribution in [0.2, 0.25) is 0 Å². The van der Waals surface area contributed by atoms with E-state index in [1.165, 1.54) is 12.1 Å². The van der Waals surface area contributed by atoms with Gasteiger partial charge in [-0.15, -0.1) is 0 Å². The van der Waals surface area contributed by atoms with Crippen LogP contribution >= 0.6 is 0 Å². The average molecular weight is 430 g/mol. The van der Waals surface area contributed by atoms with E-state index in [2.05, 4.69) is 5.32 Å². The molecule has 0 heterocycles. The zero-order valence-corrected chi connectivity index (χ0v) is 17.2. The van der Waals surface area contributed by atoms with Crippen LogP contribution in [0.4, 0.5) is 4.79 Å². The van der Waals surface area contributed by atoms with Crippen molar-refractivity contribution in [2.45, 2.75) is 18.4 Å². The van der Waals surface area contributed by atoms with Gasteiger partial charge in [0, 0.05) is 17.9 Å². The highest BCUT2D eigenvalue weighted by atomic mass is 16.5. The van der Waals surface area contributed by atoms with E-state index in [0.29, 0.717) is 11.1 Å². The molecule has 0 aromatic heterocycles. The van der Waals surface area contributed by atoms with Gasteiger partial charge in [-0.1, -0.05) is 60.7 Å². The number of hydrogen-bond acceptors (Lipinski definition) is 4. The van der Waals surface area contributed by atoms with Crippen LogP contribution in [0.1, 0.15) is 33.0 Å². The summed E-state index contributed by atoms with van der Waals surface area (Å²) >= 11 is 0. The number of carboxylic acid groups (broad SMARTS) is 1. The number of amides is 2. The predicted octanol–water partition coefficient (Wildman–Crippen LogP) is 3.32. The number of aliphatic carboxylic acids is 1. The zero-order chi connectivity index (χ0) is 22.7. The molecule has 0 bridgehead atoms. The number of rotatable bonds is 7. The lowest BCUT2D eigenvalue weighted by Crippen LogP contribution is -2.42. The summed E-state index contributed by atoms with van der Waals surface area (Å²) < 4.78 is 5.43. The molecule has 1 atom stereocenters. The van der Waals surface area contributed by atoms with E-state index in [-0.39, 0.29) is 18.9 Å². The fourth-order valence-electron chi connectivity index (χ4n) is 4.02. The smallest absolute Gasteiger partial charge is 0.407 e. The van der Waals surface area contributed by atoms with Crippen molar-refractivity contribution >= 4 is 18.0 Å². The number of carboxylic acids is 1. The first kappa shape index (κ1) is 21.1.